The van der Waals surface area contributed by atoms with Gasteiger partial charge in [0.25, 0.3) is 0 Å². The van der Waals surface area contributed by atoms with Crippen molar-refractivity contribution in [3.8, 4) is 0 Å². The molecule has 0 radical (unpaired) electrons. The van der Waals surface area contributed by atoms with Gasteiger partial charge in [-0.05, 0) is 88.1 Å². The Hall–Kier alpha value is -2.24. The summed E-state index contributed by atoms with van der Waals surface area (Å²) in [6, 6.07) is 13.6. The highest BCUT2D eigenvalue weighted by Gasteiger charge is 2.40. The maximum Gasteiger partial charge on any atom is 0.227 e. The molecule has 1 N–H and O–H groups in total. The number of nitrogens with zero attached hydrogens (tertiary/aromatic N) is 2. The van der Waals surface area contributed by atoms with Crippen molar-refractivity contribution >= 4 is 5.91 Å². The van der Waals surface area contributed by atoms with Gasteiger partial charge in [-0.1, -0.05) is 30.3 Å². The molecule has 2 saturated heterocycles. The van der Waals surface area contributed by atoms with Crippen molar-refractivity contribution in [1.82, 2.24) is 15.2 Å². The van der Waals surface area contributed by atoms with Gasteiger partial charge in [-0.25, -0.2) is 0 Å². The largest absolute Gasteiger partial charge is 0.381 e. The van der Waals surface area contributed by atoms with Crippen molar-refractivity contribution in [3.05, 3.63) is 65.0 Å². The molecule has 178 valence electrons. The van der Waals surface area contributed by atoms with Gasteiger partial charge in [-0.2, -0.15) is 0 Å². The molecule has 3 heterocycles. The maximum absolute atomic E-state index is 13.5. The number of hydrogen-bond acceptors (Lipinski definition) is 4. The van der Waals surface area contributed by atoms with Crippen LogP contribution in [-0.4, -0.2) is 48.1 Å². The number of aromatic nitrogens is 1. The zero-order valence-electron chi connectivity index (χ0n) is 20.5. The number of carbonyl (C=O) groups excluding carboxylic acids is 1. The lowest BCUT2D eigenvalue weighted by Gasteiger charge is -2.37. The highest BCUT2D eigenvalue weighted by atomic mass is 16.5. The molecule has 1 aromatic heterocycles. The number of hydrogen-bond donors (Lipinski definition) is 1. The first-order chi connectivity index (χ1) is 16.0. The summed E-state index contributed by atoms with van der Waals surface area (Å²) in [5, 5.41) is 3.20. The van der Waals surface area contributed by atoms with Gasteiger partial charge in [0.1, 0.15) is 0 Å². The Labute approximate surface area is 198 Å². The molecule has 2 fully saturated rings. The monoisotopic (exact) mass is 449 g/mol. The molecule has 0 bridgehead atoms. The third kappa shape index (κ3) is 5.82. The van der Waals surface area contributed by atoms with Crippen molar-refractivity contribution in [1.29, 1.82) is 0 Å². The summed E-state index contributed by atoms with van der Waals surface area (Å²) in [6.45, 7) is 10.7. The first-order valence-corrected chi connectivity index (χ1v) is 12.6. The van der Waals surface area contributed by atoms with Gasteiger partial charge in [0.05, 0.1) is 17.7 Å². The van der Waals surface area contributed by atoms with Crippen LogP contribution < -0.4 is 5.32 Å². The van der Waals surface area contributed by atoms with Gasteiger partial charge in [0, 0.05) is 32.0 Å². The number of carbonyl (C=O) groups is 1. The van der Waals surface area contributed by atoms with E-state index in [-0.39, 0.29) is 5.91 Å². The number of aryl methyl sites for hydroxylation is 1. The zero-order chi connectivity index (χ0) is 23.3. The van der Waals surface area contributed by atoms with Gasteiger partial charge < -0.3 is 15.0 Å². The van der Waals surface area contributed by atoms with Gasteiger partial charge in [0.15, 0.2) is 0 Å². The average Bonchev–Trinajstić information content (AvgIpc) is 2.84. The SMILES string of the molecule is Cc1cccnc1CNC(=O)C1(Cc2cccc([C@@H]3CCCN(C(C)C)C3)c2)CCOCC1. The van der Waals surface area contributed by atoms with E-state index in [1.165, 1.54) is 30.5 Å². The number of pyridine rings is 1. The normalized spacial score (nSPS) is 21.2. The lowest BCUT2D eigenvalue weighted by atomic mass is 9.74. The molecular formula is C28H39N3O2. The first-order valence-electron chi connectivity index (χ1n) is 12.6. The fourth-order valence-electron chi connectivity index (χ4n) is 5.40. The summed E-state index contributed by atoms with van der Waals surface area (Å²) in [6.07, 6.45) is 6.57. The zero-order valence-corrected chi connectivity index (χ0v) is 20.5. The van der Waals surface area contributed by atoms with E-state index in [1.807, 2.05) is 19.1 Å². The fraction of sp³-hybridized carbons (Fsp3) is 0.571. The Morgan fingerprint density at radius 1 is 1.24 bits per heavy atom. The molecule has 2 aromatic rings. The van der Waals surface area contributed by atoms with Crippen LogP contribution in [0.25, 0.3) is 0 Å². The molecule has 1 amide bonds. The van der Waals surface area contributed by atoms with Gasteiger partial charge in [-0.15, -0.1) is 0 Å². The number of piperidine rings is 1. The Morgan fingerprint density at radius 2 is 2.06 bits per heavy atom. The van der Waals surface area contributed by atoms with Crippen LogP contribution >= 0.6 is 0 Å². The van der Waals surface area contributed by atoms with Crippen LogP contribution in [0.3, 0.4) is 0 Å². The lowest BCUT2D eigenvalue weighted by Crippen LogP contribution is -2.46. The smallest absolute Gasteiger partial charge is 0.227 e. The molecule has 2 aliphatic heterocycles. The molecule has 0 aliphatic carbocycles. The van der Waals surface area contributed by atoms with Crippen molar-refractivity contribution < 1.29 is 9.53 Å². The van der Waals surface area contributed by atoms with Crippen LogP contribution in [0.5, 0.6) is 0 Å². The van der Waals surface area contributed by atoms with Gasteiger partial charge in [0.2, 0.25) is 5.91 Å². The van der Waals surface area contributed by atoms with E-state index in [9.17, 15) is 4.79 Å². The van der Waals surface area contributed by atoms with Crippen molar-refractivity contribution in [2.75, 3.05) is 26.3 Å². The predicted octanol–water partition coefficient (Wildman–Crippen LogP) is 4.63. The second-order valence-corrected chi connectivity index (χ2v) is 10.2. The molecule has 5 heteroatoms. The summed E-state index contributed by atoms with van der Waals surface area (Å²) < 4.78 is 5.65. The van der Waals surface area contributed by atoms with Gasteiger partial charge >= 0.3 is 0 Å². The minimum Gasteiger partial charge on any atom is -0.381 e. The molecular weight excluding hydrogens is 410 g/mol. The molecule has 1 atom stereocenters. The first kappa shape index (κ1) is 23.9. The quantitative estimate of drug-likeness (QED) is 0.669. The van der Waals surface area contributed by atoms with Crippen molar-refractivity contribution in [2.45, 2.75) is 71.4 Å². The highest BCUT2D eigenvalue weighted by Crippen LogP contribution is 2.36. The van der Waals surface area contributed by atoms with E-state index >= 15 is 0 Å². The van der Waals surface area contributed by atoms with E-state index in [0.717, 1.165) is 37.1 Å². The number of amides is 1. The van der Waals surface area contributed by atoms with E-state index in [0.29, 0.717) is 31.7 Å². The van der Waals surface area contributed by atoms with Crippen LogP contribution in [0, 0.1) is 12.3 Å². The van der Waals surface area contributed by atoms with E-state index in [2.05, 4.69) is 53.3 Å². The summed E-state index contributed by atoms with van der Waals surface area (Å²) in [7, 11) is 0. The van der Waals surface area contributed by atoms with Crippen LogP contribution in [0.2, 0.25) is 0 Å². The molecule has 0 saturated carbocycles. The summed E-state index contributed by atoms with van der Waals surface area (Å²) in [4.78, 5) is 20.5. The second kappa shape index (κ2) is 10.8. The summed E-state index contributed by atoms with van der Waals surface area (Å²) in [5.74, 6) is 0.706. The average molecular weight is 450 g/mol. The Kier molecular flexibility index (Phi) is 7.82. The number of nitrogens with one attached hydrogen (secondary N) is 1. The Morgan fingerprint density at radius 3 is 2.82 bits per heavy atom. The number of ether oxygens (including phenoxy) is 1. The molecule has 0 unspecified atom stereocenters. The Balaban J connectivity index is 1.48. The number of likely N-dealkylation sites (tertiary alicyclic amines) is 1. The van der Waals surface area contributed by atoms with Crippen molar-refractivity contribution in [2.24, 2.45) is 5.41 Å². The number of rotatable bonds is 7. The minimum atomic E-state index is -0.421. The molecule has 1 aromatic carbocycles. The molecule has 4 rings (SSSR count). The minimum absolute atomic E-state index is 0.130. The third-order valence-corrected chi connectivity index (χ3v) is 7.61. The fourth-order valence-corrected chi connectivity index (χ4v) is 5.40. The van der Waals surface area contributed by atoms with E-state index in [1.54, 1.807) is 6.20 Å². The van der Waals surface area contributed by atoms with E-state index in [4.69, 9.17) is 4.74 Å². The topological polar surface area (TPSA) is 54.5 Å². The van der Waals surface area contributed by atoms with Crippen LogP contribution in [0.4, 0.5) is 0 Å². The van der Waals surface area contributed by atoms with Crippen LogP contribution in [0.1, 0.15) is 67.8 Å². The predicted molar refractivity (Wildman–Crippen MR) is 132 cm³/mol. The van der Waals surface area contributed by atoms with Crippen LogP contribution in [0.15, 0.2) is 42.6 Å². The van der Waals surface area contributed by atoms with Crippen LogP contribution in [-0.2, 0) is 22.5 Å². The Bertz CT molecular complexity index is 936. The number of benzene rings is 1. The highest BCUT2D eigenvalue weighted by molar-refractivity contribution is 5.83. The second-order valence-electron chi connectivity index (χ2n) is 10.2. The molecule has 33 heavy (non-hydrogen) atoms. The van der Waals surface area contributed by atoms with Crippen molar-refractivity contribution in [3.63, 3.8) is 0 Å². The molecule has 0 spiro atoms. The van der Waals surface area contributed by atoms with E-state index < -0.39 is 5.41 Å². The standard InChI is InChI=1S/C28H39N3O2/c1-21(2)31-14-6-10-25(20-31)24-9-4-8-23(17-24)18-28(11-15-33-16-12-28)27(32)30-19-26-22(3)7-5-13-29-26/h4-5,7-9,13,17,21,25H,6,10-12,14-16,18-20H2,1-3H3,(H,30,32)/t25-/m1/s1. The maximum atomic E-state index is 13.5. The molecule has 2 aliphatic rings. The molecule has 5 nitrogen and oxygen atoms in total. The summed E-state index contributed by atoms with van der Waals surface area (Å²) in [5.41, 5.74) is 4.30. The third-order valence-electron chi connectivity index (χ3n) is 7.61. The summed E-state index contributed by atoms with van der Waals surface area (Å²) >= 11 is 0. The van der Waals surface area contributed by atoms with Gasteiger partial charge in [-0.3, -0.25) is 9.78 Å². The lowest BCUT2D eigenvalue weighted by molar-refractivity contribution is -0.136.